The molecule has 0 heterocycles. The van der Waals surface area contributed by atoms with E-state index in [9.17, 15) is 0 Å². The third-order valence-electron chi connectivity index (χ3n) is 3.78. The van der Waals surface area contributed by atoms with Crippen LogP contribution in [0.2, 0.25) is 0 Å². The van der Waals surface area contributed by atoms with Crippen molar-refractivity contribution in [1.29, 1.82) is 0 Å². The van der Waals surface area contributed by atoms with Gasteiger partial charge in [-0.05, 0) is 69.2 Å². The molecular weight excluding hydrogens is 234 g/mol. The molecule has 19 heavy (non-hydrogen) atoms. The molecule has 2 nitrogen and oxygen atoms in total. The molecule has 1 N–H and O–H groups in total. The van der Waals surface area contributed by atoms with E-state index in [-0.39, 0.29) is 6.10 Å². The van der Waals surface area contributed by atoms with Crippen molar-refractivity contribution in [2.45, 2.75) is 59.1 Å². The molecule has 1 aromatic rings. The van der Waals surface area contributed by atoms with Crippen molar-refractivity contribution < 1.29 is 4.74 Å². The maximum Gasteiger partial charge on any atom is 0.119 e. The van der Waals surface area contributed by atoms with Gasteiger partial charge in [-0.3, -0.25) is 0 Å². The van der Waals surface area contributed by atoms with Crippen molar-refractivity contribution in [2.24, 2.45) is 11.8 Å². The van der Waals surface area contributed by atoms with Gasteiger partial charge in [0.15, 0.2) is 0 Å². The molecule has 1 fully saturated rings. The average Bonchev–Trinajstić information content (AvgIpc) is 2.29. The highest BCUT2D eigenvalue weighted by Gasteiger charge is 2.23. The van der Waals surface area contributed by atoms with E-state index < -0.39 is 0 Å². The van der Waals surface area contributed by atoms with Crippen molar-refractivity contribution in [3.8, 4) is 5.75 Å². The number of ether oxygens (including phenoxy) is 1. The van der Waals surface area contributed by atoms with E-state index in [1.165, 1.54) is 24.9 Å². The summed E-state index contributed by atoms with van der Waals surface area (Å²) in [4.78, 5) is 0. The van der Waals surface area contributed by atoms with Crippen molar-refractivity contribution >= 4 is 5.69 Å². The molecule has 1 saturated carbocycles. The molecular formula is C17H27NO. The van der Waals surface area contributed by atoms with Crippen molar-refractivity contribution in [3.63, 3.8) is 0 Å². The number of hydrogen-bond acceptors (Lipinski definition) is 2. The topological polar surface area (TPSA) is 21.3 Å². The quantitative estimate of drug-likeness (QED) is 0.847. The van der Waals surface area contributed by atoms with Gasteiger partial charge in [0.2, 0.25) is 0 Å². The Hall–Kier alpha value is -1.18. The van der Waals surface area contributed by atoms with E-state index in [0.29, 0.717) is 6.04 Å². The van der Waals surface area contributed by atoms with Gasteiger partial charge in [0.05, 0.1) is 6.10 Å². The highest BCUT2D eigenvalue weighted by molar-refractivity contribution is 5.47. The minimum absolute atomic E-state index is 0.235. The molecule has 2 rings (SSSR count). The smallest absolute Gasteiger partial charge is 0.119 e. The summed E-state index contributed by atoms with van der Waals surface area (Å²) in [5, 5.41) is 3.67. The fourth-order valence-corrected chi connectivity index (χ4v) is 3.20. The molecule has 1 aliphatic carbocycles. The number of benzene rings is 1. The first-order chi connectivity index (χ1) is 9.02. The van der Waals surface area contributed by atoms with E-state index in [1.807, 2.05) is 0 Å². The Balaban J connectivity index is 1.92. The fraction of sp³-hybridized carbons (Fsp3) is 0.647. The lowest BCUT2D eigenvalue weighted by Crippen LogP contribution is -2.30. The van der Waals surface area contributed by atoms with Gasteiger partial charge in [0, 0.05) is 11.7 Å². The Kier molecular flexibility index (Phi) is 4.73. The number of anilines is 1. The van der Waals surface area contributed by atoms with Crippen LogP contribution in [0, 0.1) is 11.8 Å². The monoisotopic (exact) mass is 261 g/mol. The van der Waals surface area contributed by atoms with E-state index in [4.69, 9.17) is 4.74 Å². The third kappa shape index (κ3) is 4.45. The van der Waals surface area contributed by atoms with Gasteiger partial charge in [-0.15, -0.1) is 0 Å². The average molecular weight is 261 g/mol. The van der Waals surface area contributed by atoms with E-state index in [2.05, 4.69) is 57.3 Å². The molecule has 0 aromatic heterocycles. The van der Waals surface area contributed by atoms with Gasteiger partial charge in [-0.1, -0.05) is 13.8 Å². The normalized spacial score (nSPS) is 27.3. The summed E-state index contributed by atoms with van der Waals surface area (Å²) < 4.78 is 5.67. The van der Waals surface area contributed by atoms with Gasteiger partial charge >= 0.3 is 0 Å². The Morgan fingerprint density at radius 3 is 2.11 bits per heavy atom. The lowest BCUT2D eigenvalue weighted by atomic mass is 9.80. The van der Waals surface area contributed by atoms with Crippen molar-refractivity contribution in [2.75, 3.05) is 5.32 Å². The summed E-state index contributed by atoms with van der Waals surface area (Å²) in [7, 11) is 0. The standard InChI is InChI=1S/C17H27NO/c1-12(2)19-17-7-5-15(6-8-17)18-16-10-13(3)9-14(4)11-16/h5-8,12-14,16,18H,9-11H2,1-4H3. The lowest BCUT2D eigenvalue weighted by Gasteiger charge is -2.32. The molecule has 0 amide bonds. The Morgan fingerprint density at radius 2 is 1.58 bits per heavy atom. The van der Waals surface area contributed by atoms with Crippen molar-refractivity contribution in [1.82, 2.24) is 0 Å². The Labute approximate surface area is 117 Å². The van der Waals surface area contributed by atoms with Crippen LogP contribution < -0.4 is 10.1 Å². The first kappa shape index (κ1) is 14.2. The molecule has 1 aromatic carbocycles. The number of hydrogen-bond donors (Lipinski definition) is 1. The summed E-state index contributed by atoms with van der Waals surface area (Å²) in [5.74, 6) is 2.63. The second-order valence-corrected chi connectivity index (χ2v) is 6.45. The molecule has 106 valence electrons. The van der Waals surface area contributed by atoms with E-state index in [0.717, 1.165) is 17.6 Å². The highest BCUT2D eigenvalue weighted by Crippen LogP contribution is 2.30. The summed E-state index contributed by atoms with van der Waals surface area (Å²) in [6.45, 7) is 8.84. The molecule has 1 aliphatic rings. The number of rotatable bonds is 4. The number of nitrogens with one attached hydrogen (secondary N) is 1. The first-order valence-corrected chi connectivity index (χ1v) is 7.56. The van der Waals surface area contributed by atoms with Crippen LogP contribution in [0.25, 0.3) is 0 Å². The van der Waals surface area contributed by atoms with Gasteiger partial charge < -0.3 is 10.1 Å². The predicted molar refractivity (Wildman–Crippen MR) is 81.8 cm³/mol. The summed E-state index contributed by atoms with van der Waals surface area (Å²) in [6.07, 6.45) is 4.18. The minimum Gasteiger partial charge on any atom is -0.491 e. The van der Waals surface area contributed by atoms with Crippen LogP contribution in [0.4, 0.5) is 5.69 Å². The van der Waals surface area contributed by atoms with Gasteiger partial charge in [0.25, 0.3) is 0 Å². The van der Waals surface area contributed by atoms with Crippen LogP contribution in [0.3, 0.4) is 0 Å². The van der Waals surface area contributed by atoms with Gasteiger partial charge in [-0.25, -0.2) is 0 Å². The maximum absolute atomic E-state index is 5.67. The van der Waals surface area contributed by atoms with E-state index >= 15 is 0 Å². The SMILES string of the molecule is CC1CC(C)CC(Nc2ccc(OC(C)C)cc2)C1. The molecule has 0 spiro atoms. The zero-order valence-corrected chi connectivity index (χ0v) is 12.6. The summed E-state index contributed by atoms with van der Waals surface area (Å²) in [5.41, 5.74) is 1.21. The second kappa shape index (κ2) is 6.31. The van der Waals surface area contributed by atoms with Crippen molar-refractivity contribution in [3.05, 3.63) is 24.3 Å². The molecule has 0 saturated heterocycles. The van der Waals surface area contributed by atoms with Crippen LogP contribution >= 0.6 is 0 Å². The zero-order valence-electron chi connectivity index (χ0n) is 12.6. The summed E-state index contributed by atoms with van der Waals surface area (Å²) in [6, 6.07) is 8.98. The zero-order chi connectivity index (χ0) is 13.8. The van der Waals surface area contributed by atoms with Gasteiger partial charge in [0.1, 0.15) is 5.75 Å². The first-order valence-electron chi connectivity index (χ1n) is 7.56. The van der Waals surface area contributed by atoms with Gasteiger partial charge in [-0.2, -0.15) is 0 Å². The Morgan fingerprint density at radius 1 is 1.00 bits per heavy atom. The molecule has 0 aliphatic heterocycles. The third-order valence-corrected chi connectivity index (χ3v) is 3.78. The minimum atomic E-state index is 0.235. The molecule has 0 bridgehead atoms. The molecule has 2 heteroatoms. The lowest BCUT2D eigenvalue weighted by molar-refractivity contribution is 0.242. The van der Waals surface area contributed by atoms with Crippen LogP contribution in [-0.4, -0.2) is 12.1 Å². The summed E-state index contributed by atoms with van der Waals surface area (Å²) >= 11 is 0. The largest absolute Gasteiger partial charge is 0.491 e. The van der Waals surface area contributed by atoms with Crippen LogP contribution in [-0.2, 0) is 0 Å². The van der Waals surface area contributed by atoms with Crippen LogP contribution in [0.5, 0.6) is 5.75 Å². The van der Waals surface area contributed by atoms with Crippen LogP contribution in [0.1, 0.15) is 47.0 Å². The fourth-order valence-electron chi connectivity index (χ4n) is 3.20. The maximum atomic E-state index is 5.67. The predicted octanol–water partition coefficient (Wildman–Crippen LogP) is 4.71. The highest BCUT2D eigenvalue weighted by atomic mass is 16.5. The molecule has 0 radical (unpaired) electrons. The molecule has 2 unspecified atom stereocenters. The second-order valence-electron chi connectivity index (χ2n) is 6.45. The molecule has 2 atom stereocenters. The van der Waals surface area contributed by atoms with E-state index in [1.54, 1.807) is 0 Å². The van der Waals surface area contributed by atoms with Crippen LogP contribution in [0.15, 0.2) is 24.3 Å². The Bertz CT molecular complexity index is 375.